The number of aryl methyl sites for hydroxylation is 1. The fraction of sp³-hybridized carbons (Fsp3) is 0.609. The molecule has 27 heavy (non-hydrogen) atoms. The van der Waals surface area contributed by atoms with Gasteiger partial charge in [-0.15, -0.1) is 0 Å². The zero-order valence-electron chi connectivity index (χ0n) is 16.0. The molecule has 2 N–H and O–H groups in total. The second-order valence-electron chi connectivity index (χ2n) is 8.01. The third-order valence-electron chi connectivity index (χ3n) is 6.05. The van der Waals surface area contributed by atoms with Gasteiger partial charge in [-0.1, -0.05) is 42.5 Å². The minimum atomic E-state index is -0.455. The molecule has 4 nitrogen and oxygen atoms in total. The van der Waals surface area contributed by atoms with Gasteiger partial charge in [0.2, 0.25) is 0 Å². The van der Waals surface area contributed by atoms with Crippen molar-refractivity contribution in [3.05, 3.63) is 48.0 Å². The first kappa shape index (κ1) is 20.1. The molecule has 3 rings (SSSR count). The summed E-state index contributed by atoms with van der Waals surface area (Å²) in [5, 5.41) is 21.0. The van der Waals surface area contributed by atoms with Crippen molar-refractivity contribution in [2.45, 2.75) is 76.1 Å². The lowest BCUT2D eigenvalue weighted by Crippen LogP contribution is -2.26. The van der Waals surface area contributed by atoms with Crippen LogP contribution in [0.25, 0.3) is 0 Å². The number of aliphatic hydroxyl groups excluding tert-OH is 2. The molecular weight excluding hydrogens is 340 g/mol. The summed E-state index contributed by atoms with van der Waals surface area (Å²) in [5.41, 5.74) is 1.24. The number of carbonyl (C=O) groups is 1. The quantitative estimate of drug-likeness (QED) is 0.589. The van der Waals surface area contributed by atoms with Crippen molar-refractivity contribution in [3.8, 4) is 0 Å². The highest BCUT2D eigenvalue weighted by Crippen LogP contribution is 2.40. The van der Waals surface area contributed by atoms with Gasteiger partial charge in [-0.05, 0) is 56.4 Å². The fourth-order valence-electron chi connectivity index (χ4n) is 4.49. The lowest BCUT2D eigenvalue weighted by Gasteiger charge is -2.26. The van der Waals surface area contributed by atoms with Gasteiger partial charge in [0, 0.05) is 18.8 Å². The molecule has 0 saturated heterocycles. The van der Waals surface area contributed by atoms with E-state index >= 15 is 0 Å². The molecule has 1 aromatic rings. The highest BCUT2D eigenvalue weighted by molar-refractivity contribution is 5.69. The SMILES string of the molecule is O=C1CCCC=CC[C@H]2C(C[C@@H](O)[C@@H]2CCC(O)CCc2ccccc2)O1. The molecule has 1 fully saturated rings. The van der Waals surface area contributed by atoms with Crippen LogP contribution in [-0.2, 0) is 16.0 Å². The monoisotopic (exact) mass is 372 g/mol. The molecule has 0 radical (unpaired) electrons. The summed E-state index contributed by atoms with van der Waals surface area (Å²) in [7, 11) is 0. The lowest BCUT2D eigenvalue weighted by atomic mass is 9.85. The number of benzene rings is 1. The summed E-state index contributed by atoms with van der Waals surface area (Å²) in [5.74, 6) is 0.0916. The Kier molecular flexibility index (Phi) is 7.48. The van der Waals surface area contributed by atoms with Crippen LogP contribution in [0.15, 0.2) is 42.5 Å². The molecule has 1 aliphatic heterocycles. The van der Waals surface area contributed by atoms with Crippen LogP contribution in [0.4, 0.5) is 0 Å². The summed E-state index contributed by atoms with van der Waals surface area (Å²) in [6, 6.07) is 10.2. The maximum absolute atomic E-state index is 12.0. The van der Waals surface area contributed by atoms with Crippen LogP contribution in [-0.4, -0.2) is 34.5 Å². The Morgan fingerprint density at radius 2 is 1.96 bits per heavy atom. The van der Waals surface area contributed by atoms with Gasteiger partial charge >= 0.3 is 5.97 Å². The lowest BCUT2D eigenvalue weighted by molar-refractivity contribution is -0.151. The Bertz CT molecular complexity index is 612. The normalized spacial score (nSPS) is 29.8. The smallest absolute Gasteiger partial charge is 0.306 e. The zero-order valence-corrected chi connectivity index (χ0v) is 16.0. The summed E-state index contributed by atoms with van der Waals surface area (Å²) in [6.07, 6.45) is 9.88. The van der Waals surface area contributed by atoms with Gasteiger partial charge < -0.3 is 14.9 Å². The number of hydrogen-bond donors (Lipinski definition) is 2. The molecular formula is C23H32O4. The third-order valence-corrected chi connectivity index (χ3v) is 6.05. The second-order valence-corrected chi connectivity index (χ2v) is 8.01. The van der Waals surface area contributed by atoms with Crippen LogP contribution in [0.3, 0.4) is 0 Å². The van der Waals surface area contributed by atoms with E-state index in [9.17, 15) is 15.0 Å². The van der Waals surface area contributed by atoms with Crippen LogP contribution >= 0.6 is 0 Å². The average molecular weight is 373 g/mol. The predicted molar refractivity (Wildman–Crippen MR) is 105 cm³/mol. The van der Waals surface area contributed by atoms with Gasteiger partial charge in [-0.3, -0.25) is 4.79 Å². The molecule has 1 aliphatic carbocycles. The minimum Gasteiger partial charge on any atom is -0.462 e. The largest absolute Gasteiger partial charge is 0.462 e. The van der Waals surface area contributed by atoms with Gasteiger partial charge in [0.15, 0.2) is 0 Å². The van der Waals surface area contributed by atoms with Gasteiger partial charge in [0.05, 0.1) is 12.2 Å². The second kappa shape index (κ2) is 10.0. The van der Waals surface area contributed by atoms with E-state index < -0.39 is 6.10 Å². The number of esters is 1. The van der Waals surface area contributed by atoms with E-state index in [4.69, 9.17) is 4.74 Å². The molecule has 5 atom stereocenters. The fourth-order valence-corrected chi connectivity index (χ4v) is 4.49. The summed E-state index contributed by atoms with van der Waals surface area (Å²) in [4.78, 5) is 12.0. The van der Waals surface area contributed by atoms with E-state index in [2.05, 4.69) is 24.3 Å². The Balaban J connectivity index is 1.53. The van der Waals surface area contributed by atoms with Crippen LogP contribution in [0.5, 0.6) is 0 Å². The van der Waals surface area contributed by atoms with Crippen LogP contribution in [0, 0.1) is 11.8 Å². The van der Waals surface area contributed by atoms with Crippen LogP contribution in [0.1, 0.15) is 56.9 Å². The van der Waals surface area contributed by atoms with Crippen LogP contribution < -0.4 is 0 Å². The molecule has 2 unspecified atom stereocenters. The van der Waals surface area contributed by atoms with E-state index in [1.54, 1.807) is 0 Å². The number of hydrogen-bond acceptors (Lipinski definition) is 4. The van der Waals surface area contributed by atoms with Crippen molar-refractivity contribution in [1.29, 1.82) is 0 Å². The molecule has 1 saturated carbocycles. The summed E-state index contributed by atoms with van der Waals surface area (Å²) in [6.45, 7) is 0. The zero-order chi connectivity index (χ0) is 19.1. The molecule has 1 heterocycles. The van der Waals surface area contributed by atoms with E-state index in [0.717, 1.165) is 38.5 Å². The summed E-state index contributed by atoms with van der Waals surface area (Å²) < 4.78 is 5.67. The highest BCUT2D eigenvalue weighted by Gasteiger charge is 2.43. The van der Waals surface area contributed by atoms with E-state index in [-0.39, 0.29) is 30.0 Å². The summed E-state index contributed by atoms with van der Waals surface area (Å²) >= 11 is 0. The molecule has 0 spiro atoms. The first-order valence-electron chi connectivity index (χ1n) is 10.4. The molecule has 2 aliphatic rings. The topological polar surface area (TPSA) is 66.8 Å². The number of ether oxygens (including phenoxy) is 1. The third kappa shape index (κ3) is 5.91. The minimum absolute atomic E-state index is 0.0817. The Morgan fingerprint density at radius 3 is 2.78 bits per heavy atom. The Hall–Kier alpha value is -1.65. The van der Waals surface area contributed by atoms with Crippen molar-refractivity contribution in [2.24, 2.45) is 11.8 Å². The van der Waals surface area contributed by atoms with E-state index in [1.807, 2.05) is 18.2 Å². The van der Waals surface area contributed by atoms with Crippen molar-refractivity contribution in [2.75, 3.05) is 0 Å². The van der Waals surface area contributed by atoms with Gasteiger partial charge in [-0.2, -0.15) is 0 Å². The number of rotatable bonds is 6. The first-order valence-corrected chi connectivity index (χ1v) is 10.4. The molecule has 0 amide bonds. The maximum atomic E-state index is 12.0. The molecule has 148 valence electrons. The standard InChI is InChI=1S/C23H32O4/c24-18(13-12-17-8-4-3-5-9-17)14-15-19-20-10-6-1-2-7-11-23(26)27-22(20)16-21(19)25/h1,3-6,8-9,18-22,24-25H,2,7,10-16H2/t18?,19-,20-,21-,22?/m1/s1. The van der Waals surface area contributed by atoms with Gasteiger partial charge in [0.1, 0.15) is 6.10 Å². The van der Waals surface area contributed by atoms with E-state index in [1.165, 1.54) is 5.56 Å². The molecule has 0 aromatic heterocycles. The number of allylic oxidation sites excluding steroid dienone is 2. The maximum Gasteiger partial charge on any atom is 0.306 e. The average Bonchev–Trinajstić information content (AvgIpc) is 2.96. The first-order chi connectivity index (χ1) is 13.1. The van der Waals surface area contributed by atoms with Crippen LogP contribution in [0.2, 0.25) is 0 Å². The molecule has 1 aromatic carbocycles. The highest BCUT2D eigenvalue weighted by atomic mass is 16.5. The van der Waals surface area contributed by atoms with Crippen molar-refractivity contribution in [1.82, 2.24) is 0 Å². The number of fused-ring (bicyclic) bond motifs is 1. The van der Waals surface area contributed by atoms with Crippen molar-refractivity contribution in [3.63, 3.8) is 0 Å². The van der Waals surface area contributed by atoms with Crippen molar-refractivity contribution >= 4 is 5.97 Å². The van der Waals surface area contributed by atoms with Gasteiger partial charge in [-0.25, -0.2) is 0 Å². The van der Waals surface area contributed by atoms with Gasteiger partial charge in [0.25, 0.3) is 0 Å². The number of carbonyl (C=O) groups excluding carboxylic acids is 1. The Morgan fingerprint density at radius 1 is 1.15 bits per heavy atom. The Labute approximate surface area is 162 Å². The molecule has 0 bridgehead atoms. The molecule has 4 heteroatoms. The number of aliphatic hydroxyl groups is 2. The van der Waals surface area contributed by atoms with Crippen molar-refractivity contribution < 1.29 is 19.7 Å². The predicted octanol–water partition coefficient (Wildman–Crippen LogP) is 3.80. The van der Waals surface area contributed by atoms with E-state index in [0.29, 0.717) is 19.3 Å².